The van der Waals surface area contributed by atoms with E-state index < -0.39 is 5.91 Å². The van der Waals surface area contributed by atoms with Gasteiger partial charge in [0.05, 0.1) is 6.26 Å². The second-order valence-corrected chi connectivity index (χ2v) is 7.07. The number of amides is 2. The van der Waals surface area contributed by atoms with Crippen LogP contribution in [0.5, 0.6) is 0 Å². The number of rotatable bonds is 5. The lowest BCUT2D eigenvalue weighted by molar-refractivity contribution is -0.113. The summed E-state index contributed by atoms with van der Waals surface area (Å²) in [4.78, 5) is 25.8. The van der Waals surface area contributed by atoms with Gasteiger partial charge in [-0.05, 0) is 62.6 Å². The Kier molecular flexibility index (Phi) is 5.98. The number of carbonyl (C=O) groups is 2. The van der Waals surface area contributed by atoms with E-state index in [0.29, 0.717) is 11.3 Å². The van der Waals surface area contributed by atoms with Crippen molar-refractivity contribution < 1.29 is 14.0 Å². The number of anilines is 1. The molecular weight excluding hydrogens is 364 g/mol. The van der Waals surface area contributed by atoms with Crippen molar-refractivity contribution in [1.82, 2.24) is 5.32 Å². The predicted octanol–water partition coefficient (Wildman–Crippen LogP) is 4.92. The number of nitrogens with one attached hydrogen (secondary N) is 2. The molecule has 29 heavy (non-hydrogen) atoms. The number of hydrogen-bond acceptors (Lipinski definition) is 3. The normalized spacial score (nSPS) is 11.2. The highest BCUT2D eigenvalue weighted by Gasteiger charge is 2.18. The molecule has 0 fully saturated rings. The van der Waals surface area contributed by atoms with Crippen LogP contribution in [0.4, 0.5) is 5.69 Å². The van der Waals surface area contributed by atoms with E-state index in [-0.39, 0.29) is 11.6 Å². The Morgan fingerprint density at radius 3 is 2.21 bits per heavy atom. The highest BCUT2D eigenvalue weighted by atomic mass is 16.3. The lowest BCUT2D eigenvalue weighted by Gasteiger charge is -2.15. The van der Waals surface area contributed by atoms with Crippen LogP contribution < -0.4 is 10.6 Å². The maximum atomic E-state index is 13.0. The van der Waals surface area contributed by atoms with E-state index in [1.54, 1.807) is 24.3 Å². The third-order valence-electron chi connectivity index (χ3n) is 4.63. The van der Waals surface area contributed by atoms with Gasteiger partial charge in [-0.1, -0.05) is 35.9 Å². The number of hydrogen-bond donors (Lipinski definition) is 2. The molecule has 2 aromatic carbocycles. The minimum absolute atomic E-state index is 0.104. The SMILES string of the molecule is Cc1cc(C)c(NC(=O)/C(=C/c2ccco2)NC(=O)c2ccccc2C)c(C)c1. The minimum atomic E-state index is -0.418. The van der Waals surface area contributed by atoms with E-state index in [9.17, 15) is 9.59 Å². The zero-order valence-corrected chi connectivity index (χ0v) is 17.0. The number of carbonyl (C=O) groups excluding carboxylic acids is 2. The maximum Gasteiger partial charge on any atom is 0.272 e. The Morgan fingerprint density at radius 1 is 0.897 bits per heavy atom. The van der Waals surface area contributed by atoms with Gasteiger partial charge in [0, 0.05) is 17.3 Å². The van der Waals surface area contributed by atoms with Crippen molar-refractivity contribution in [3.63, 3.8) is 0 Å². The van der Waals surface area contributed by atoms with Crippen LogP contribution in [0.3, 0.4) is 0 Å². The fraction of sp³-hybridized carbons (Fsp3) is 0.167. The van der Waals surface area contributed by atoms with Crippen LogP contribution in [0.1, 0.15) is 38.4 Å². The van der Waals surface area contributed by atoms with Crippen LogP contribution in [0.15, 0.2) is 64.9 Å². The quantitative estimate of drug-likeness (QED) is 0.609. The molecule has 2 amide bonds. The van der Waals surface area contributed by atoms with Gasteiger partial charge in [-0.15, -0.1) is 0 Å². The van der Waals surface area contributed by atoms with Gasteiger partial charge in [0.25, 0.3) is 11.8 Å². The second kappa shape index (κ2) is 8.61. The molecule has 0 spiro atoms. The Hall–Kier alpha value is -3.60. The zero-order valence-electron chi connectivity index (χ0n) is 17.0. The first kappa shape index (κ1) is 20.1. The van der Waals surface area contributed by atoms with Crippen molar-refractivity contribution in [2.24, 2.45) is 0 Å². The van der Waals surface area contributed by atoms with Crippen LogP contribution >= 0.6 is 0 Å². The van der Waals surface area contributed by atoms with Gasteiger partial charge in [-0.3, -0.25) is 9.59 Å². The molecule has 0 radical (unpaired) electrons. The molecule has 1 aromatic heterocycles. The first-order chi connectivity index (χ1) is 13.8. The van der Waals surface area contributed by atoms with Gasteiger partial charge < -0.3 is 15.1 Å². The maximum absolute atomic E-state index is 13.0. The average molecular weight is 388 g/mol. The molecule has 0 unspecified atom stereocenters. The van der Waals surface area contributed by atoms with Gasteiger partial charge in [0.2, 0.25) is 0 Å². The summed E-state index contributed by atoms with van der Waals surface area (Å²) >= 11 is 0. The molecule has 0 atom stereocenters. The van der Waals surface area contributed by atoms with Crippen LogP contribution in [0, 0.1) is 27.7 Å². The summed E-state index contributed by atoms with van der Waals surface area (Å²) in [5, 5.41) is 5.66. The van der Waals surface area contributed by atoms with E-state index in [1.165, 1.54) is 12.3 Å². The molecule has 3 aromatic rings. The molecular formula is C24H24N2O3. The van der Waals surface area contributed by atoms with Crippen molar-refractivity contribution in [3.8, 4) is 0 Å². The van der Waals surface area contributed by atoms with Gasteiger partial charge in [-0.2, -0.15) is 0 Å². The van der Waals surface area contributed by atoms with Gasteiger partial charge in [0.15, 0.2) is 0 Å². The molecule has 5 heteroatoms. The van der Waals surface area contributed by atoms with Crippen molar-refractivity contribution in [2.45, 2.75) is 27.7 Å². The molecule has 0 saturated heterocycles. The Morgan fingerprint density at radius 2 is 1.59 bits per heavy atom. The first-order valence-electron chi connectivity index (χ1n) is 9.36. The molecule has 0 bridgehead atoms. The van der Waals surface area contributed by atoms with Gasteiger partial charge >= 0.3 is 0 Å². The fourth-order valence-electron chi connectivity index (χ4n) is 3.25. The van der Waals surface area contributed by atoms with Gasteiger partial charge in [-0.25, -0.2) is 0 Å². The molecule has 0 saturated carbocycles. The second-order valence-electron chi connectivity index (χ2n) is 7.07. The monoisotopic (exact) mass is 388 g/mol. The average Bonchev–Trinajstić information content (AvgIpc) is 3.17. The number of furan rings is 1. The lowest BCUT2D eigenvalue weighted by Crippen LogP contribution is -2.31. The smallest absolute Gasteiger partial charge is 0.272 e. The molecule has 0 aliphatic rings. The van der Waals surface area contributed by atoms with Crippen LogP contribution in [0.2, 0.25) is 0 Å². The third kappa shape index (κ3) is 4.82. The van der Waals surface area contributed by atoms with E-state index in [4.69, 9.17) is 4.42 Å². The highest BCUT2D eigenvalue weighted by molar-refractivity contribution is 6.11. The van der Waals surface area contributed by atoms with Crippen LogP contribution in [-0.4, -0.2) is 11.8 Å². The van der Waals surface area contributed by atoms with Crippen molar-refractivity contribution in [1.29, 1.82) is 0 Å². The first-order valence-corrected chi connectivity index (χ1v) is 9.36. The molecule has 0 aliphatic heterocycles. The largest absolute Gasteiger partial charge is 0.465 e. The Balaban J connectivity index is 1.91. The molecule has 5 nitrogen and oxygen atoms in total. The molecule has 1 heterocycles. The summed E-state index contributed by atoms with van der Waals surface area (Å²) < 4.78 is 5.33. The molecule has 148 valence electrons. The minimum Gasteiger partial charge on any atom is -0.465 e. The number of benzene rings is 2. The van der Waals surface area contributed by atoms with E-state index in [2.05, 4.69) is 10.6 Å². The molecule has 3 rings (SSSR count). The van der Waals surface area contributed by atoms with Crippen LogP contribution in [-0.2, 0) is 4.79 Å². The van der Waals surface area contributed by atoms with E-state index >= 15 is 0 Å². The Labute approximate surface area is 170 Å². The standard InChI is InChI=1S/C24H24N2O3/c1-15-12-17(3)22(18(4)13-15)26-24(28)21(14-19-9-7-11-29-19)25-23(27)20-10-6-5-8-16(20)2/h5-14H,1-4H3,(H,25,27)(H,26,28)/b21-14-. The summed E-state index contributed by atoms with van der Waals surface area (Å²) in [5.41, 5.74) is 5.21. The molecule has 2 N–H and O–H groups in total. The highest BCUT2D eigenvalue weighted by Crippen LogP contribution is 2.22. The number of aryl methyl sites for hydroxylation is 4. The Bertz CT molecular complexity index is 1060. The summed E-state index contributed by atoms with van der Waals surface area (Å²) in [6, 6.07) is 14.7. The molecule has 0 aliphatic carbocycles. The van der Waals surface area contributed by atoms with E-state index in [1.807, 2.05) is 52.0 Å². The third-order valence-corrected chi connectivity index (χ3v) is 4.63. The van der Waals surface area contributed by atoms with Gasteiger partial charge in [0.1, 0.15) is 11.5 Å². The summed E-state index contributed by atoms with van der Waals surface area (Å²) in [6.45, 7) is 7.75. The zero-order chi connectivity index (χ0) is 21.0. The van der Waals surface area contributed by atoms with Crippen molar-refractivity contribution in [3.05, 3.63) is 94.1 Å². The van der Waals surface area contributed by atoms with Crippen molar-refractivity contribution >= 4 is 23.6 Å². The van der Waals surface area contributed by atoms with E-state index in [0.717, 1.165) is 27.9 Å². The topological polar surface area (TPSA) is 71.3 Å². The fourth-order valence-corrected chi connectivity index (χ4v) is 3.25. The predicted molar refractivity (Wildman–Crippen MR) is 115 cm³/mol. The summed E-state index contributed by atoms with van der Waals surface area (Å²) in [6.07, 6.45) is 3.03. The summed E-state index contributed by atoms with van der Waals surface area (Å²) in [7, 11) is 0. The van der Waals surface area contributed by atoms with Crippen molar-refractivity contribution in [2.75, 3.05) is 5.32 Å². The van der Waals surface area contributed by atoms with Crippen LogP contribution in [0.25, 0.3) is 6.08 Å². The lowest BCUT2D eigenvalue weighted by atomic mass is 10.0. The summed E-state index contributed by atoms with van der Waals surface area (Å²) in [5.74, 6) is -0.302.